The Kier molecular flexibility index (Phi) is 3.97. The predicted molar refractivity (Wildman–Crippen MR) is 64.3 cm³/mol. The van der Waals surface area contributed by atoms with Crippen molar-refractivity contribution < 1.29 is 9.18 Å². The molecular weight excluding hydrogens is 243 g/mol. The van der Waals surface area contributed by atoms with Gasteiger partial charge in [-0.1, -0.05) is 23.7 Å². The number of amides is 1. The Morgan fingerprint density at radius 3 is 3.12 bits per heavy atom. The summed E-state index contributed by atoms with van der Waals surface area (Å²) in [6.45, 7) is 1.13. The zero-order valence-electron chi connectivity index (χ0n) is 9.30. The van der Waals surface area contributed by atoms with Crippen molar-refractivity contribution >= 4 is 17.5 Å². The van der Waals surface area contributed by atoms with Gasteiger partial charge in [0.15, 0.2) is 0 Å². The van der Waals surface area contributed by atoms with Gasteiger partial charge in [-0.2, -0.15) is 0 Å². The van der Waals surface area contributed by atoms with Crippen LogP contribution in [-0.2, 0) is 11.3 Å². The van der Waals surface area contributed by atoms with Crippen LogP contribution in [-0.4, -0.2) is 18.5 Å². The van der Waals surface area contributed by atoms with Crippen molar-refractivity contribution in [2.75, 3.05) is 6.54 Å². The molecule has 92 valence electrons. The minimum atomic E-state index is -0.431. The Morgan fingerprint density at radius 2 is 2.35 bits per heavy atom. The van der Waals surface area contributed by atoms with Gasteiger partial charge in [0.05, 0.1) is 11.1 Å². The first-order valence-corrected chi connectivity index (χ1v) is 6.00. The maximum Gasteiger partial charge on any atom is 0.237 e. The van der Waals surface area contributed by atoms with E-state index in [1.54, 1.807) is 12.1 Å². The van der Waals surface area contributed by atoms with Gasteiger partial charge < -0.3 is 10.6 Å². The molecule has 0 bridgehead atoms. The summed E-state index contributed by atoms with van der Waals surface area (Å²) in [7, 11) is 0. The molecule has 1 unspecified atom stereocenters. The van der Waals surface area contributed by atoms with Gasteiger partial charge in [0.25, 0.3) is 0 Å². The predicted octanol–water partition coefficient (Wildman–Crippen LogP) is 1.85. The second-order valence-corrected chi connectivity index (χ2v) is 4.46. The van der Waals surface area contributed by atoms with E-state index in [4.69, 9.17) is 11.6 Å². The molecule has 1 aromatic carbocycles. The second kappa shape index (κ2) is 5.47. The number of piperidine rings is 1. The average Bonchev–Trinajstić information content (AvgIpc) is 2.33. The van der Waals surface area contributed by atoms with Gasteiger partial charge in [-0.05, 0) is 24.5 Å². The summed E-state index contributed by atoms with van der Waals surface area (Å²) in [5.74, 6) is -0.428. The molecule has 0 saturated carbocycles. The molecule has 1 aliphatic rings. The van der Waals surface area contributed by atoms with Crippen LogP contribution in [0.3, 0.4) is 0 Å². The van der Waals surface area contributed by atoms with E-state index >= 15 is 0 Å². The Bertz CT molecular complexity index is 425. The molecule has 5 heteroatoms. The smallest absolute Gasteiger partial charge is 0.237 e. The summed E-state index contributed by atoms with van der Waals surface area (Å²) in [6, 6.07) is 4.47. The van der Waals surface area contributed by atoms with Crippen LogP contribution >= 0.6 is 11.6 Å². The quantitative estimate of drug-likeness (QED) is 0.867. The Labute approximate surface area is 104 Å². The zero-order chi connectivity index (χ0) is 12.3. The van der Waals surface area contributed by atoms with Crippen molar-refractivity contribution in [2.45, 2.75) is 25.4 Å². The number of hydrogen-bond donors (Lipinski definition) is 2. The summed E-state index contributed by atoms with van der Waals surface area (Å²) in [5, 5.41) is 6.00. The van der Waals surface area contributed by atoms with Crippen LogP contribution < -0.4 is 10.6 Å². The van der Waals surface area contributed by atoms with E-state index in [1.807, 2.05) is 0 Å². The summed E-state index contributed by atoms with van der Waals surface area (Å²) < 4.78 is 13.2. The molecule has 0 aliphatic carbocycles. The Morgan fingerprint density at radius 1 is 1.53 bits per heavy atom. The Hall–Kier alpha value is -1.13. The standard InChI is InChI=1S/C12H14ClFN2O/c13-11-8(3-1-4-9(11)14)7-16-10-5-2-6-15-12(10)17/h1,3-4,10,16H,2,5-7H2,(H,15,17). The lowest BCUT2D eigenvalue weighted by Crippen LogP contribution is -2.47. The number of hydrogen-bond acceptors (Lipinski definition) is 2. The van der Waals surface area contributed by atoms with Crippen LogP contribution in [0.2, 0.25) is 5.02 Å². The largest absolute Gasteiger partial charge is 0.355 e. The van der Waals surface area contributed by atoms with Crippen LogP contribution in [0.5, 0.6) is 0 Å². The highest BCUT2D eigenvalue weighted by atomic mass is 35.5. The summed E-state index contributed by atoms with van der Waals surface area (Å²) in [6.07, 6.45) is 1.76. The zero-order valence-corrected chi connectivity index (χ0v) is 10.1. The van der Waals surface area contributed by atoms with E-state index in [1.165, 1.54) is 6.07 Å². The molecule has 3 nitrogen and oxygen atoms in total. The molecule has 1 heterocycles. The van der Waals surface area contributed by atoms with Crippen molar-refractivity contribution in [1.29, 1.82) is 0 Å². The van der Waals surface area contributed by atoms with Gasteiger partial charge in [0.2, 0.25) is 5.91 Å². The number of carbonyl (C=O) groups excluding carboxylic acids is 1. The van der Waals surface area contributed by atoms with E-state index in [9.17, 15) is 9.18 Å². The fourth-order valence-electron chi connectivity index (χ4n) is 1.88. The number of rotatable bonds is 3. The molecule has 0 spiro atoms. The van der Waals surface area contributed by atoms with E-state index in [-0.39, 0.29) is 17.0 Å². The minimum absolute atomic E-state index is 0.00350. The third-order valence-corrected chi connectivity index (χ3v) is 3.28. The lowest BCUT2D eigenvalue weighted by molar-refractivity contribution is -0.124. The molecular formula is C12H14ClFN2O. The van der Waals surface area contributed by atoms with Crippen LogP contribution in [0, 0.1) is 5.82 Å². The van der Waals surface area contributed by atoms with Gasteiger partial charge in [-0.3, -0.25) is 4.79 Å². The maximum absolute atomic E-state index is 13.2. The average molecular weight is 257 g/mol. The van der Waals surface area contributed by atoms with E-state index in [2.05, 4.69) is 10.6 Å². The van der Waals surface area contributed by atoms with Gasteiger partial charge in [0, 0.05) is 13.1 Å². The molecule has 2 N–H and O–H groups in total. The molecule has 1 amide bonds. The minimum Gasteiger partial charge on any atom is -0.355 e. The van der Waals surface area contributed by atoms with Crippen molar-refractivity contribution in [3.63, 3.8) is 0 Å². The van der Waals surface area contributed by atoms with Crippen LogP contribution in [0.4, 0.5) is 4.39 Å². The topological polar surface area (TPSA) is 41.1 Å². The van der Waals surface area contributed by atoms with E-state index in [0.717, 1.165) is 19.4 Å². The summed E-state index contributed by atoms with van der Waals surface area (Å²) in [4.78, 5) is 11.5. The first-order valence-electron chi connectivity index (χ1n) is 5.62. The van der Waals surface area contributed by atoms with E-state index in [0.29, 0.717) is 12.1 Å². The lowest BCUT2D eigenvalue weighted by atomic mass is 10.1. The van der Waals surface area contributed by atoms with Crippen LogP contribution in [0.1, 0.15) is 18.4 Å². The van der Waals surface area contributed by atoms with Crippen molar-refractivity contribution in [2.24, 2.45) is 0 Å². The first kappa shape index (κ1) is 12.3. The molecule has 2 rings (SSSR count). The molecule has 1 atom stereocenters. The van der Waals surface area contributed by atoms with Gasteiger partial charge >= 0.3 is 0 Å². The molecule has 1 fully saturated rings. The highest BCUT2D eigenvalue weighted by Crippen LogP contribution is 2.19. The van der Waals surface area contributed by atoms with Gasteiger partial charge in [0.1, 0.15) is 5.82 Å². The molecule has 0 aromatic heterocycles. The van der Waals surface area contributed by atoms with Gasteiger partial charge in [-0.15, -0.1) is 0 Å². The normalized spacial score (nSPS) is 20.1. The molecule has 1 aromatic rings. The SMILES string of the molecule is O=C1NCCCC1NCc1cccc(F)c1Cl. The van der Waals surface area contributed by atoms with Crippen molar-refractivity contribution in [3.8, 4) is 0 Å². The van der Waals surface area contributed by atoms with Crippen molar-refractivity contribution in [1.82, 2.24) is 10.6 Å². The summed E-state index contributed by atoms with van der Waals surface area (Å²) >= 11 is 5.83. The second-order valence-electron chi connectivity index (χ2n) is 4.08. The molecule has 1 saturated heterocycles. The van der Waals surface area contributed by atoms with Gasteiger partial charge in [-0.25, -0.2) is 4.39 Å². The third kappa shape index (κ3) is 2.96. The third-order valence-electron chi connectivity index (χ3n) is 2.86. The fourth-order valence-corrected chi connectivity index (χ4v) is 2.08. The van der Waals surface area contributed by atoms with Crippen molar-refractivity contribution in [3.05, 3.63) is 34.6 Å². The molecule has 0 radical (unpaired) electrons. The fraction of sp³-hybridized carbons (Fsp3) is 0.417. The number of halogens is 2. The number of nitrogens with one attached hydrogen (secondary N) is 2. The number of benzene rings is 1. The summed E-state index contributed by atoms with van der Waals surface area (Å²) in [5.41, 5.74) is 0.671. The highest BCUT2D eigenvalue weighted by Gasteiger charge is 2.21. The molecule has 17 heavy (non-hydrogen) atoms. The molecule has 1 aliphatic heterocycles. The number of carbonyl (C=O) groups is 1. The highest BCUT2D eigenvalue weighted by molar-refractivity contribution is 6.31. The first-order chi connectivity index (χ1) is 8.18. The van der Waals surface area contributed by atoms with E-state index < -0.39 is 5.82 Å². The van der Waals surface area contributed by atoms with Crippen LogP contribution in [0.15, 0.2) is 18.2 Å². The maximum atomic E-state index is 13.2. The lowest BCUT2D eigenvalue weighted by Gasteiger charge is -2.23. The monoisotopic (exact) mass is 256 g/mol. The van der Waals surface area contributed by atoms with Crippen LogP contribution in [0.25, 0.3) is 0 Å². The Balaban J connectivity index is 1.97.